The highest BCUT2D eigenvalue weighted by atomic mass is 32.1. The van der Waals surface area contributed by atoms with Gasteiger partial charge in [-0.1, -0.05) is 25.1 Å². The highest BCUT2D eigenvalue weighted by Crippen LogP contribution is 2.00. The number of nitrogens with one attached hydrogen (secondary N) is 1. The molecule has 1 heterocycles. The molecule has 0 bridgehead atoms. The molecule has 80 valence electrons. The van der Waals surface area contributed by atoms with E-state index in [-0.39, 0.29) is 0 Å². The van der Waals surface area contributed by atoms with Gasteiger partial charge in [0.15, 0.2) is 0 Å². The molecule has 0 fully saturated rings. The molecule has 0 spiro atoms. The number of nitrogens with zero attached hydrogens (tertiary/aromatic N) is 1. The molecule has 0 atom stereocenters. The van der Waals surface area contributed by atoms with E-state index in [1.165, 1.54) is 0 Å². The van der Waals surface area contributed by atoms with Crippen molar-refractivity contribution in [1.29, 1.82) is 0 Å². The van der Waals surface area contributed by atoms with E-state index in [0.717, 1.165) is 23.6 Å². The molecule has 2 rings (SSSR count). The summed E-state index contributed by atoms with van der Waals surface area (Å²) < 4.78 is 0. The van der Waals surface area contributed by atoms with E-state index in [1.807, 2.05) is 36.5 Å². The van der Waals surface area contributed by atoms with Gasteiger partial charge < -0.3 is 4.98 Å². The van der Waals surface area contributed by atoms with Crippen LogP contribution < -0.4 is 0 Å². The Bertz CT molecular complexity index is 343. The molecule has 1 N–H and O–H groups in total. The highest BCUT2D eigenvalue weighted by molar-refractivity contribution is 7.80. The van der Waals surface area contributed by atoms with E-state index >= 15 is 0 Å². The largest absolute Gasteiger partial charge is 0.349 e. The smallest absolute Gasteiger partial charge is 0.105 e. The normalized spacial score (nSPS) is 9.20. The van der Waals surface area contributed by atoms with Crippen molar-refractivity contribution < 1.29 is 0 Å². The number of imidazole rings is 1. The Labute approximate surface area is 96.2 Å². The van der Waals surface area contributed by atoms with Crippen molar-refractivity contribution in [1.82, 2.24) is 9.97 Å². The molecule has 2 aromatic rings. The minimum absolute atomic E-state index is 1.02. The maximum atomic E-state index is 4.08. The standard InChI is InChI=1S/C6H10N2.C6H6S/c1-2-3-6-7-4-5-8-6;7-6-4-2-1-3-5-6/h4-5H,2-3H2,1H3,(H,7,8);1-5,7H. The monoisotopic (exact) mass is 220 g/mol. The van der Waals surface area contributed by atoms with Gasteiger partial charge in [-0.25, -0.2) is 4.98 Å². The van der Waals surface area contributed by atoms with Crippen LogP contribution in [0, 0.1) is 0 Å². The molecule has 0 saturated heterocycles. The lowest BCUT2D eigenvalue weighted by Crippen LogP contribution is -1.83. The summed E-state index contributed by atoms with van der Waals surface area (Å²) in [6, 6.07) is 9.79. The van der Waals surface area contributed by atoms with Crippen molar-refractivity contribution in [3.05, 3.63) is 48.5 Å². The van der Waals surface area contributed by atoms with Gasteiger partial charge in [-0.05, 0) is 18.6 Å². The average Bonchev–Trinajstić information content (AvgIpc) is 2.73. The van der Waals surface area contributed by atoms with Gasteiger partial charge in [-0.3, -0.25) is 0 Å². The summed E-state index contributed by atoms with van der Waals surface area (Å²) in [5.41, 5.74) is 0. The summed E-state index contributed by atoms with van der Waals surface area (Å²) in [4.78, 5) is 8.09. The third kappa shape index (κ3) is 5.27. The summed E-state index contributed by atoms with van der Waals surface area (Å²) in [7, 11) is 0. The van der Waals surface area contributed by atoms with Crippen LogP contribution in [0.2, 0.25) is 0 Å². The van der Waals surface area contributed by atoms with Crippen LogP contribution in [0.5, 0.6) is 0 Å². The third-order valence-corrected chi connectivity index (χ3v) is 2.10. The molecule has 0 saturated carbocycles. The quantitative estimate of drug-likeness (QED) is 0.747. The maximum absolute atomic E-state index is 4.08. The number of aromatic nitrogens is 2. The van der Waals surface area contributed by atoms with Crippen LogP contribution in [0.3, 0.4) is 0 Å². The van der Waals surface area contributed by atoms with Crippen molar-refractivity contribution in [2.75, 3.05) is 0 Å². The van der Waals surface area contributed by atoms with Crippen molar-refractivity contribution in [2.45, 2.75) is 24.7 Å². The van der Waals surface area contributed by atoms with Gasteiger partial charge in [0.05, 0.1) is 0 Å². The zero-order valence-electron chi connectivity index (χ0n) is 8.85. The highest BCUT2D eigenvalue weighted by Gasteiger charge is 1.87. The molecular weight excluding hydrogens is 204 g/mol. The second kappa shape index (κ2) is 7.12. The van der Waals surface area contributed by atoms with Crippen LogP contribution in [0.25, 0.3) is 0 Å². The SMILES string of the molecule is CCCc1ncc[nH]1.Sc1ccccc1. The van der Waals surface area contributed by atoms with Gasteiger partial charge in [-0.15, -0.1) is 12.6 Å². The Morgan fingerprint density at radius 1 is 1.27 bits per heavy atom. The lowest BCUT2D eigenvalue weighted by Gasteiger charge is -1.85. The molecule has 3 heteroatoms. The van der Waals surface area contributed by atoms with Crippen LogP contribution in [-0.4, -0.2) is 9.97 Å². The van der Waals surface area contributed by atoms with Crippen LogP contribution in [0.15, 0.2) is 47.6 Å². The Hall–Kier alpha value is -1.22. The number of aromatic amines is 1. The van der Waals surface area contributed by atoms with Crippen LogP contribution >= 0.6 is 12.6 Å². The molecular formula is C12H16N2S. The van der Waals surface area contributed by atoms with Crippen molar-refractivity contribution in [3.63, 3.8) is 0 Å². The summed E-state index contributed by atoms with van der Waals surface area (Å²) in [6.07, 6.45) is 5.86. The van der Waals surface area contributed by atoms with Gasteiger partial charge in [0.25, 0.3) is 0 Å². The number of hydrogen-bond donors (Lipinski definition) is 2. The van der Waals surface area contributed by atoms with Crippen molar-refractivity contribution in [3.8, 4) is 0 Å². The molecule has 1 aromatic carbocycles. The first-order chi connectivity index (χ1) is 7.33. The third-order valence-electron chi connectivity index (χ3n) is 1.80. The molecule has 0 radical (unpaired) electrons. The molecule has 2 nitrogen and oxygen atoms in total. The summed E-state index contributed by atoms with van der Waals surface area (Å²) in [5.74, 6) is 1.09. The minimum Gasteiger partial charge on any atom is -0.349 e. The number of aryl methyl sites for hydroxylation is 1. The number of rotatable bonds is 2. The molecule has 1 aromatic heterocycles. The van der Waals surface area contributed by atoms with Crippen LogP contribution in [0.1, 0.15) is 19.2 Å². The zero-order valence-corrected chi connectivity index (χ0v) is 9.74. The fourth-order valence-electron chi connectivity index (χ4n) is 1.10. The van der Waals surface area contributed by atoms with Gasteiger partial charge >= 0.3 is 0 Å². The zero-order chi connectivity index (χ0) is 10.9. The topological polar surface area (TPSA) is 28.7 Å². The summed E-state index contributed by atoms with van der Waals surface area (Å²) in [5, 5.41) is 0. The van der Waals surface area contributed by atoms with E-state index in [1.54, 1.807) is 6.20 Å². The van der Waals surface area contributed by atoms with Crippen LogP contribution in [-0.2, 0) is 6.42 Å². The second-order valence-electron chi connectivity index (χ2n) is 3.12. The van der Waals surface area contributed by atoms with E-state index in [9.17, 15) is 0 Å². The predicted octanol–water partition coefficient (Wildman–Crippen LogP) is 3.34. The molecule has 0 aliphatic carbocycles. The lowest BCUT2D eigenvalue weighted by atomic mass is 10.3. The maximum Gasteiger partial charge on any atom is 0.105 e. The second-order valence-corrected chi connectivity index (χ2v) is 3.64. The Morgan fingerprint density at radius 3 is 2.40 bits per heavy atom. The minimum atomic E-state index is 1.02. The fourth-order valence-corrected chi connectivity index (χ4v) is 1.27. The molecule has 0 aliphatic heterocycles. The van der Waals surface area contributed by atoms with E-state index in [4.69, 9.17) is 0 Å². The first-order valence-corrected chi connectivity index (χ1v) is 5.50. The number of hydrogen-bond acceptors (Lipinski definition) is 2. The van der Waals surface area contributed by atoms with Gasteiger partial charge in [0.2, 0.25) is 0 Å². The van der Waals surface area contributed by atoms with Gasteiger partial charge in [0, 0.05) is 23.7 Å². The number of H-pyrrole nitrogens is 1. The molecule has 0 aliphatic rings. The fraction of sp³-hybridized carbons (Fsp3) is 0.250. The lowest BCUT2D eigenvalue weighted by molar-refractivity contribution is 0.856. The number of thiol groups is 1. The Kier molecular flexibility index (Phi) is 5.63. The molecule has 0 unspecified atom stereocenters. The first-order valence-electron chi connectivity index (χ1n) is 5.05. The summed E-state index contributed by atoms with van der Waals surface area (Å²) >= 11 is 4.08. The van der Waals surface area contributed by atoms with Crippen LogP contribution in [0.4, 0.5) is 0 Å². The van der Waals surface area contributed by atoms with Gasteiger partial charge in [-0.2, -0.15) is 0 Å². The van der Waals surface area contributed by atoms with E-state index in [2.05, 4.69) is 29.5 Å². The molecule has 0 amide bonds. The summed E-state index contributed by atoms with van der Waals surface area (Å²) in [6.45, 7) is 2.14. The average molecular weight is 220 g/mol. The van der Waals surface area contributed by atoms with Crippen molar-refractivity contribution >= 4 is 12.6 Å². The van der Waals surface area contributed by atoms with E-state index in [0.29, 0.717) is 0 Å². The van der Waals surface area contributed by atoms with E-state index < -0.39 is 0 Å². The molecule has 15 heavy (non-hydrogen) atoms. The Morgan fingerprint density at radius 2 is 2.00 bits per heavy atom. The first kappa shape index (κ1) is 11.9. The van der Waals surface area contributed by atoms with Crippen molar-refractivity contribution in [2.24, 2.45) is 0 Å². The van der Waals surface area contributed by atoms with Gasteiger partial charge in [0.1, 0.15) is 5.82 Å². The number of benzene rings is 1. The predicted molar refractivity (Wildman–Crippen MR) is 66.3 cm³/mol. The Balaban J connectivity index is 0.000000151.